The Balaban J connectivity index is 1.94. The lowest BCUT2D eigenvalue weighted by atomic mass is 9.94. The lowest BCUT2D eigenvalue weighted by Gasteiger charge is -2.22. The first-order valence-corrected chi connectivity index (χ1v) is 7.22. The monoisotopic (exact) mass is 285 g/mol. The third-order valence-electron chi connectivity index (χ3n) is 3.88. The number of rotatable bonds is 3. The van der Waals surface area contributed by atoms with Gasteiger partial charge in [0.2, 0.25) is 0 Å². The van der Waals surface area contributed by atoms with Crippen LogP contribution in [0.15, 0.2) is 35.1 Å². The van der Waals surface area contributed by atoms with Crippen LogP contribution >= 0.6 is 0 Å². The molecule has 5 nitrogen and oxygen atoms in total. The van der Waals surface area contributed by atoms with Gasteiger partial charge >= 0.3 is 0 Å². The Morgan fingerprint density at radius 3 is 2.57 bits per heavy atom. The number of aromatic nitrogens is 2. The number of hydrogen-bond donors (Lipinski definition) is 2. The van der Waals surface area contributed by atoms with Crippen molar-refractivity contribution in [3.63, 3.8) is 0 Å². The highest BCUT2D eigenvalue weighted by Crippen LogP contribution is 2.24. The van der Waals surface area contributed by atoms with Gasteiger partial charge in [0.05, 0.1) is 12.8 Å². The minimum atomic E-state index is -0.0932. The Hall–Kier alpha value is -2.14. The predicted molar refractivity (Wildman–Crippen MR) is 81.7 cm³/mol. The van der Waals surface area contributed by atoms with Crippen LogP contribution in [0.25, 0.3) is 11.4 Å². The predicted octanol–water partition coefficient (Wildman–Crippen LogP) is 1.91. The van der Waals surface area contributed by atoms with Crippen molar-refractivity contribution in [3.8, 4) is 17.1 Å². The van der Waals surface area contributed by atoms with Crippen molar-refractivity contribution in [2.75, 3.05) is 20.2 Å². The Morgan fingerprint density at radius 1 is 1.19 bits per heavy atom. The van der Waals surface area contributed by atoms with Gasteiger partial charge in [0.15, 0.2) is 0 Å². The van der Waals surface area contributed by atoms with Crippen LogP contribution in [0, 0.1) is 0 Å². The van der Waals surface area contributed by atoms with Crippen LogP contribution < -0.4 is 15.6 Å². The molecule has 0 spiro atoms. The Kier molecular flexibility index (Phi) is 4.01. The molecule has 1 saturated heterocycles. The number of piperidine rings is 1. The number of nitrogens with zero attached hydrogens (tertiary/aromatic N) is 1. The summed E-state index contributed by atoms with van der Waals surface area (Å²) in [4.78, 5) is 19.4. The molecule has 110 valence electrons. The maximum absolute atomic E-state index is 11.9. The SMILES string of the molecule is COc1ccc(-c2nc(C3CCNCC3)cc(=O)[nH]2)cc1. The van der Waals surface area contributed by atoms with Gasteiger partial charge in [-0.2, -0.15) is 0 Å². The second-order valence-electron chi connectivity index (χ2n) is 5.27. The highest BCUT2D eigenvalue weighted by molar-refractivity contribution is 5.56. The molecule has 0 atom stereocenters. The second-order valence-corrected chi connectivity index (χ2v) is 5.27. The van der Waals surface area contributed by atoms with Crippen molar-refractivity contribution in [1.29, 1.82) is 0 Å². The average Bonchev–Trinajstić information content (AvgIpc) is 2.55. The van der Waals surface area contributed by atoms with E-state index in [-0.39, 0.29) is 5.56 Å². The van der Waals surface area contributed by atoms with Gasteiger partial charge < -0.3 is 15.0 Å². The number of ether oxygens (including phenoxy) is 1. The summed E-state index contributed by atoms with van der Waals surface area (Å²) < 4.78 is 5.15. The third-order valence-corrected chi connectivity index (χ3v) is 3.88. The van der Waals surface area contributed by atoms with E-state index in [1.165, 1.54) is 0 Å². The van der Waals surface area contributed by atoms with E-state index in [1.54, 1.807) is 13.2 Å². The van der Waals surface area contributed by atoms with Gasteiger partial charge in [-0.1, -0.05) is 0 Å². The largest absolute Gasteiger partial charge is 0.497 e. The van der Waals surface area contributed by atoms with Crippen LogP contribution in [0.5, 0.6) is 5.75 Å². The smallest absolute Gasteiger partial charge is 0.251 e. The fourth-order valence-electron chi connectivity index (χ4n) is 2.69. The van der Waals surface area contributed by atoms with Crippen LogP contribution in [0.2, 0.25) is 0 Å². The lowest BCUT2D eigenvalue weighted by molar-refractivity contribution is 0.415. The van der Waals surface area contributed by atoms with E-state index >= 15 is 0 Å². The molecule has 0 aliphatic carbocycles. The number of hydrogen-bond acceptors (Lipinski definition) is 4. The van der Waals surface area contributed by atoms with Crippen molar-refractivity contribution in [1.82, 2.24) is 15.3 Å². The summed E-state index contributed by atoms with van der Waals surface area (Å²) in [5, 5.41) is 3.33. The number of H-pyrrole nitrogens is 1. The van der Waals surface area contributed by atoms with Crippen molar-refractivity contribution in [2.45, 2.75) is 18.8 Å². The standard InChI is InChI=1S/C16H19N3O2/c1-21-13-4-2-12(3-5-13)16-18-14(10-15(20)19-16)11-6-8-17-9-7-11/h2-5,10-11,17H,6-9H2,1H3,(H,18,19,20). The zero-order valence-electron chi connectivity index (χ0n) is 12.1. The molecule has 2 heterocycles. The van der Waals surface area contributed by atoms with Gasteiger partial charge in [-0.25, -0.2) is 4.98 Å². The second kappa shape index (κ2) is 6.10. The molecule has 0 bridgehead atoms. The molecule has 1 aliphatic rings. The van der Waals surface area contributed by atoms with Crippen molar-refractivity contribution in [3.05, 3.63) is 46.4 Å². The topological polar surface area (TPSA) is 67.0 Å². The zero-order valence-corrected chi connectivity index (χ0v) is 12.1. The summed E-state index contributed by atoms with van der Waals surface area (Å²) in [5.74, 6) is 1.78. The molecule has 1 aliphatic heterocycles. The molecule has 21 heavy (non-hydrogen) atoms. The molecular weight excluding hydrogens is 266 g/mol. The molecule has 2 aromatic rings. The number of aromatic amines is 1. The molecule has 0 saturated carbocycles. The van der Waals surface area contributed by atoms with Crippen LogP contribution in [0.4, 0.5) is 0 Å². The quantitative estimate of drug-likeness (QED) is 0.904. The molecule has 0 unspecified atom stereocenters. The first kappa shape index (κ1) is 13.8. The molecule has 5 heteroatoms. The van der Waals surface area contributed by atoms with Crippen LogP contribution in [0.3, 0.4) is 0 Å². The summed E-state index contributed by atoms with van der Waals surface area (Å²) in [6, 6.07) is 9.18. The van der Waals surface area contributed by atoms with E-state index in [4.69, 9.17) is 4.74 Å². The van der Waals surface area contributed by atoms with Crippen molar-refractivity contribution < 1.29 is 4.74 Å². The minimum Gasteiger partial charge on any atom is -0.497 e. The van der Waals surface area contributed by atoms with Gasteiger partial charge in [0, 0.05) is 17.5 Å². The molecule has 1 aromatic carbocycles. The molecule has 3 rings (SSSR count). The fourth-order valence-corrected chi connectivity index (χ4v) is 2.69. The number of benzene rings is 1. The summed E-state index contributed by atoms with van der Waals surface area (Å²) in [6.45, 7) is 1.97. The van der Waals surface area contributed by atoms with E-state index in [0.29, 0.717) is 11.7 Å². The van der Waals surface area contributed by atoms with Gasteiger partial charge in [-0.15, -0.1) is 0 Å². The third kappa shape index (κ3) is 3.13. The lowest BCUT2D eigenvalue weighted by Crippen LogP contribution is -2.28. The molecule has 0 radical (unpaired) electrons. The van der Waals surface area contributed by atoms with Crippen LogP contribution in [-0.2, 0) is 0 Å². The summed E-state index contributed by atoms with van der Waals surface area (Å²) >= 11 is 0. The van der Waals surface area contributed by atoms with E-state index < -0.39 is 0 Å². The normalized spacial score (nSPS) is 15.9. The molecule has 2 N–H and O–H groups in total. The molecule has 0 amide bonds. The van der Waals surface area contributed by atoms with E-state index in [0.717, 1.165) is 42.9 Å². The van der Waals surface area contributed by atoms with Crippen molar-refractivity contribution in [2.24, 2.45) is 0 Å². The highest BCUT2D eigenvalue weighted by Gasteiger charge is 2.18. The van der Waals surface area contributed by atoms with E-state index in [9.17, 15) is 4.79 Å². The fraction of sp³-hybridized carbons (Fsp3) is 0.375. The summed E-state index contributed by atoms with van der Waals surface area (Å²) in [6.07, 6.45) is 2.05. The van der Waals surface area contributed by atoms with Gasteiger partial charge in [0.1, 0.15) is 11.6 Å². The molecular formula is C16H19N3O2. The summed E-state index contributed by atoms with van der Waals surface area (Å²) in [5.41, 5.74) is 1.69. The molecule has 1 fully saturated rings. The van der Waals surface area contributed by atoms with Crippen molar-refractivity contribution >= 4 is 0 Å². The van der Waals surface area contributed by atoms with E-state index in [2.05, 4.69) is 15.3 Å². The average molecular weight is 285 g/mol. The number of nitrogens with one attached hydrogen (secondary N) is 2. The van der Waals surface area contributed by atoms with E-state index in [1.807, 2.05) is 24.3 Å². The zero-order chi connectivity index (χ0) is 14.7. The Labute approximate surface area is 123 Å². The maximum atomic E-state index is 11.9. The van der Waals surface area contributed by atoms with Crippen LogP contribution in [-0.4, -0.2) is 30.2 Å². The Morgan fingerprint density at radius 2 is 1.90 bits per heavy atom. The minimum absolute atomic E-state index is 0.0932. The summed E-state index contributed by atoms with van der Waals surface area (Å²) in [7, 11) is 1.63. The van der Waals surface area contributed by atoms with Gasteiger partial charge in [-0.05, 0) is 50.2 Å². The van der Waals surface area contributed by atoms with Gasteiger partial charge in [0.25, 0.3) is 5.56 Å². The molecule has 1 aromatic heterocycles. The first-order chi connectivity index (χ1) is 10.3. The number of methoxy groups -OCH3 is 1. The highest BCUT2D eigenvalue weighted by atomic mass is 16.5. The Bertz CT molecular complexity index is 658. The maximum Gasteiger partial charge on any atom is 0.251 e. The van der Waals surface area contributed by atoms with Gasteiger partial charge in [-0.3, -0.25) is 4.79 Å². The van der Waals surface area contributed by atoms with Crippen LogP contribution in [0.1, 0.15) is 24.5 Å². The first-order valence-electron chi connectivity index (χ1n) is 7.22.